The summed E-state index contributed by atoms with van der Waals surface area (Å²) in [4.78, 5) is 27.5. The van der Waals surface area contributed by atoms with Gasteiger partial charge in [0.05, 0.1) is 11.4 Å². The van der Waals surface area contributed by atoms with Crippen molar-refractivity contribution in [2.24, 2.45) is 0 Å². The first-order valence-corrected chi connectivity index (χ1v) is 12.4. The molecule has 0 aliphatic carbocycles. The summed E-state index contributed by atoms with van der Waals surface area (Å²) >= 11 is 0. The van der Waals surface area contributed by atoms with Crippen molar-refractivity contribution in [3.8, 4) is 17.5 Å². The molecule has 1 amide bonds. The van der Waals surface area contributed by atoms with Gasteiger partial charge < -0.3 is 16.4 Å². The van der Waals surface area contributed by atoms with Crippen molar-refractivity contribution >= 4 is 34.5 Å². The molecule has 39 heavy (non-hydrogen) atoms. The van der Waals surface area contributed by atoms with E-state index in [0.29, 0.717) is 45.8 Å². The van der Waals surface area contributed by atoms with Crippen LogP contribution in [-0.2, 0) is 0 Å². The SMILES string of the molecule is CC(NC(=O)c1c(N)nn2c1NCC=C2)c1cc2cccc(C#Cc3ccn[nH]3)c2c(=O)n1-c1ccccc1. The maximum atomic E-state index is 14.1. The molecule has 2 aromatic carbocycles. The second-order valence-corrected chi connectivity index (χ2v) is 9.05. The maximum Gasteiger partial charge on any atom is 0.264 e. The zero-order valence-electron chi connectivity index (χ0n) is 21.0. The van der Waals surface area contributed by atoms with Gasteiger partial charge in [-0.2, -0.15) is 5.10 Å². The molecule has 6 rings (SSSR count). The third kappa shape index (κ3) is 4.32. The van der Waals surface area contributed by atoms with E-state index in [1.54, 1.807) is 27.7 Å². The zero-order valence-corrected chi connectivity index (χ0v) is 21.0. The number of nitrogens with zero attached hydrogens (tertiary/aromatic N) is 4. The van der Waals surface area contributed by atoms with Crippen LogP contribution in [0.3, 0.4) is 0 Å². The number of aromatic nitrogens is 5. The molecule has 1 atom stereocenters. The number of carbonyl (C=O) groups is 1. The van der Waals surface area contributed by atoms with Crippen LogP contribution in [0.1, 0.15) is 40.3 Å². The lowest BCUT2D eigenvalue weighted by molar-refractivity contribution is 0.0940. The number of nitrogen functional groups attached to an aromatic ring is 1. The molecule has 0 bridgehead atoms. The van der Waals surface area contributed by atoms with Crippen LogP contribution in [0.25, 0.3) is 22.7 Å². The topological polar surface area (TPSA) is 136 Å². The third-order valence-electron chi connectivity index (χ3n) is 6.51. The standard InChI is InChI=1S/C29H24N8O2/c1-18(33-28(38)25-26(30)35-36-16-6-14-31-27(25)36)23-17-20-8-5-7-19(11-12-21-13-15-32-34-21)24(20)29(39)37(23)22-9-3-2-4-10-22/h2-10,13,15-18,31H,14H2,1H3,(H2,30,35)(H,32,34)(H,33,38). The summed E-state index contributed by atoms with van der Waals surface area (Å²) in [5, 5.41) is 18.3. The Labute approximate surface area is 223 Å². The van der Waals surface area contributed by atoms with E-state index in [1.807, 2.05) is 67.6 Å². The first-order valence-electron chi connectivity index (χ1n) is 12.4. The van der Waals surface area contributed by atoms with Crippen LogP contribution in [-0.4, -0.2) is 37.0 Å². The van der Waals surface area contributed by atoms with Crippen molar-refractivity contribution in [2.75, 3.05) is 17.6 Å². The molecule has 5 N–H and O–H groups in total. The number of pyridine rings is 1. The number of anilines is 2. The number of para-hydroxylation sites is 1. The Balaban J connectivity index is 1.47. The molecule has 4 heterocycles. The predicted octanol–water partition coefficient (Wildman–Crippen LogP) is 3.28. The van der Waals surface area contributed by atoms with E-state index in [1.165, 1.54) is 0 Å². The second kappa shape index (κ2) is 9.72. The molecule has 1 aliphatic rings. The van der Waals surface area contributed by atoms with Crippen molar-refractivity contribution in [1.29, 1.82) is 0 Å². The predicted molar refractivity (Wildman–Crippen MR) is 150 cm³/mol. The van der Waals surface area contributed by atoms with Gasteiger partial charge >= 0.3 is 0 Å². The van der Waals surface area contributed by atoms with Crippen LogP contribution >= 0.6 is 0 Å². The molecule has 5 aromatic rings. The van der Waals surface area contributed by atoms with E-state index >= 15 is 0 Å². The fourth-order valence-electron chi connectivity index (χ4n) is 4.71. The largest absolute Gasteiger partial charge is 0.381 e. The van der Waals surface area contributed by atoms with Crippen LogP contribution < -0.4 is 21.9 Å². The molecule has 0 saturated heterocycles. The van der Waals surface area contributed by atoms with Gasteiger partial charge in [0.1, 0.15) is 17.1 Å². The molecule has 0 fully saturated rings. The van der Waals surface area contributed by atoms with Gasteiger partial charge in [-0.1, -0.05) is 36.3 Å². The molecule has 0 spiro atoms. The van der Waals surface area contributed by atoms with E-state index in [0.717, 1.165) is 0 Å². The fraction of sp³-hybridized carbons (Fsp3) is 0.103. The molecule has 192 valence electrons. The van der Waals surface area contributed by atoms with Crippen molar-refractivity contribution in [3.63, 3.8) is 0 Å². The normalized spacial score (nSPS) is 12.7. The number of fused-ring (bicyclic) bond motifs is 2. The molecule has 10 heteroatoms. The molecule has 10 nitrogen and oxygen atoms in total. The smallest absolute Gasteiger partial charge is 0.264 e. The van der Waals surface area contributed by atoms with Gasteiger partial charge in [-0.05, 0) is 54.6 Å². The molecule has 1 aliphatic heterocycles. The number of amides is 1. The molecule has 0 saturated carbocycles. The number of nitrogens with one attached hydrogen (secondary N) is 3. The lowest BCUT2D eigenvalue weighted by atomic mass is 10.0. The summed E-state index contributed by atoms with van der Waals surface area (Å²) in [7, 11) is 0. The minimum absolute atomic E-state index is 0.119. The Morgan fingerprint density at radius 3 is 2.77 bits per heavy atom. The van der Waals surface area contributed by atoms with E-state index < -0.39 is 11.9 Å². The van der Waals surface area contributed by atoms with E-state index in [4.69, 9.17) is 5.73 Å². The van der Waals surface area contributed by atoms with Gasteiger partial charge in [-0.25, -0.2) is 4.68 Å². The number of hydrogen-bond donors (Lipinski definition) is 4. The van der Waals surface area contributed by atoms with Crippen molar-refractivity contribution in [2.45, 2.75) is 13.0 Å². The minimum Gasteiger partial charge on any atom is -0.381 e. The summed E-state index contributed by atoms with van der Waals surface area (Å²) in [6.45, 7) is 2.39. The van der Waals surface area contributed by atoms with E-state index in [-0.39, 0.29) is 16.9 Å². The monoisotopic (exact) mass is 516 g/mol. The van der Waals surface area contributed by atoms with Crippen molar-refractivity contribution < 1.29 is 4.79 Å². The first kappa shape index (κ1) is 23.8. The minimum atomic E-state index is -0.552. The van der Waals surface area contributed by atoms with Crippen LogP contribution in [0.5, 0.6) is 0 Å². The summed E-state index contributed by atoms with van der Waals surface area (Å²) in [5.74, 6) is 6.38. The van der Waals surface area contributed by atoms with E-state index in [9.17, 15) is 9.59 Å². The van der Waals surface area contributed by atoms with Gasteiger partial charge in [-0.15, -0.1) is 5.10 Å². The highest BCUT2D eigenvalue weighted by atomic mass is 16.2. The number of aromatic amines is 1. The Hall–Kier alpha value is -5.56. The maximum absolute atomic E-state index is 14.1. The number of H-pyrrole nitrogens is 1. The van der Waals surface area contributed by atoms with Crippen LogP contribution in [0.4, 0.5) is 11.6 Å². The Bertz CT molecular complexity index is 1850. The highest BCUT2D eigenvalue weighted by Gasteiger charge is 2.26. The average molecular weight is 517 g/mol. The highest BCUT2D eigenvalue weighted by Crippen LogP contribution is 2.27. The van der Waals surface area contributed by atoms with Crippen LogP contribution in [0, 0.1) is 11.8 Å². The molecular formula is C29H24N8O2. The molecule has 1 unspecified atom stereocenters. The van der Waals surface area contributed by atoms with Gasteiger partial charge in [0, 0.05) is 35.9 Å². The Morgan fingerprint density at radius 1 is 1.13 bits per heavy atom. The van der Waals surface area contributed by atoms with Crippen LogP contribution in [0.2, 0.25) is 0 Å². The summed E-state index contributed by atoms with van der Waals surface area (Å²) in [5.41, 5.74) is 8.64. The highest BCUT2D eigenvalue weighted by molar-refractivity contribution is 6.04. The number of rotatable bonds is 4. The number of nitrogens with two attached hydrogens (primary N) is 1. The van der Waals surface area contributed by atoms with Gasteiger partial charge in [-0.3, -0.25) is 19.3 Å². The van der Waals surface area contributed by atoms with Gasteiger partial charge in [0.2, 0.25) is 0 Å². The number of carbonyl (C=O) groups excluding carboxylic acids is 1. The third-order valence-corrected chi connectivity index (χ3v) is 6.51. The number of hydrogen-bond acceptors (Lipinski definition) is 6. The molecule has 0 radical (unpaired) electrons. The zero-order chi connectivity index (χ0) is 26.9. The number of benzene rings is 2. The summed E-state index contributed by atoms with van der Waals surface area (Å²) in [6, 6.07) is 18.0. The summed E-state index contributed by atoms with van der Waals surface area (Å²) < 4.78 is 3.16. The average Bonchev–Trinajstić information content (AvgIpc) is 3.59. The second-order valence-electron chi connectivity index (χ2n) is 9.05. The lowest BCUT2D eigenvalue weighted by Gasteiger charge is -2.21. The first-order chi connectivity index (χ1) is 19.0. The van der Waals surface area contributed by atoms with Crippen molar-refractivity contribution in [1.82, 2.24) is 29.9 Å². The Kier molecular flexibility index (Phi) is 5.93. The van der Waals surface area contributed by atoms with Crippen LogP contribution in [0.15, 0.2) is 77.7 Å². The molecule has 3 aromatic heterocycles. The van der Waals surface area contributed by atoms with E-state index in [2.05, 4.69) is 37.8 Å². The molecular weight excluding hydrogens is 492 g/mol. The van der Waals surface area contributed by atoms with Gasteiger partial charge in [0.25, 0.3) is 11.5 Å². The fourth-order valence-corrected chi connectivity index (χ4v) is 4.71. The Morgan fingerprint density at radius 2 is 1.97 bits per heavy atom. The quantitative estimate of drug-likeness (QED) is 0.271. The lowest BCUT2D eigenvalue weighted by Crippen LogP contribution is -2.33. The summed E-state index contributed by atoms with van der Waals surface area (Å²) in [6.07, 6.45) is 5.26. The van der Waals surface area contributed by atoms with Crippen molar-refractivity contribution in [3.05, 3.63) is 106 Å². The van der Waals surface area contributed by atoms with Gasteiger partial charge in [0.15, 0.2) is 5.82 Å².